The van der Waals surface area contributed by atoms with Crippen LogP contribution in [0.1, 0.15) is 58.1 Å². The topological polar surface area (TPSA) is 68.6 Å². The van der Waals surface area contributed by atoms with Crippen molar-refractivity contribution >= 4 is 17.7 Å². The molecule has 10 heteroatoms. The van der Waals surface area contributed by atoms with Crippen LogP contribution in [0.5, 0.6) is 5.75 Å². The number of aryl methyl sites for hydroxylation is 2. The first-order chi connectivity index (χ1) is 18.7. The predicted molar refractivity (Wildman–Crippen MR) is 141 cm³/mol. The lowest BCUT2D eigenvalue weighted by Gasteiger charge is -2.34. The van der Waals surface area contributed by atoms with Crippen LogP contribution in [0.2, 0.25) is 0 Å². The van der Waals surface area contributed by atoms with E-state index in [1.54, 1.807) is 19.2 Å². The molecule has 0 saturated carbocycles. The zero-order chi connectivity index (χ0) is 27.6. The number of ether oxygens (including phenoxy) is 2. The lowest BCUT2D eigenvalue weighted by Crippen LogP contribution is -2.32. The Kier molecular flexibility index (Phi) is 7.54. The zero-order valence-corrected chi connectivity index (χ0v) is 21.9. The summed E-state index contributed by atoms with van der Waals surface area (Å²) in [4.78, 5) is 15.3. The molecule has 7 nitrogen and oxygen atoms in total. The summed E-state index contributed by atoms with van der Waals surface area (Å²) >= 11 is 0. The largest absolute Gasteiger partial charge is 0.573 e. The number of amides is 1. The number of rotatable bonds is 7. The number of hydrogen-bond donors (Lipinski definition) is 1. The summed E-state index contributed by atoms with van der Waals surface area (Å²) in [5, 5.41) is 7.52. The van der Waals surface area contributed by atoms with Crippen LogP contribution in [0.25, 0.3) is 6.08 Å². The molecule has 0 spiro atoms. The van der Waals surface area contributed by atoms with E-state index >= 15 is 0 Å². The smallest absolute Gasteiger partial charge is 0.501 e. The van der Waals surface area contributed by atoms with E-state index in [-0.39, 0.29) is 11.7 Å². The van der Waals surface area contributed by atoms with E-state index in [1.807, 2.05) is 29.8 Å². The molecule has 0 bridgehead atoms. The summed E-state index contributed by atoms with van der Waals surface area (Å²) < 4.78 is 48.4. The van der Waals surface area contributed by atoms with E-state index in [4.69, 9.17) is 4.74 Å². The van der Waals surface area contributed by atoms with Crippen LogP contribution in [0.15, 0.2) is 54.3 Å². The first kappa shape index (κ1) is 26.6. The monoisotopic (exact) mass is 540 g/mol. The molecular weight excluding hydrogens is 509 g/mol. The number of nitrogens with zero attached hydrogens (tertiary/aromatic N) is 3. The van der Waals surface area contributed by atoms with Crippen molar-refractivity contribution in [3.05, 3.63) is 82.4 Å². The number of piperidine rings is 1. The first-order valence-corrected chi connectivity index (χ1v) is 13.0. The highest BCUT2D eigenvalue weighted by atomic mass is 19.4. The number of carbonyl (C=O) groups excluding carboxylic acids is 1. The molecule has 2 aliphatic heterocycles. The summed E-state index contributed by atoms with van der Waals surface area (Å²) in [6, 6.07) is 14.4. The van der Waals surface area contributed by atoms with Crippen LogP contribution in [-0.4, -0.2) is 42.2 Å². The summed E-state index contributed by atoms with van der Waals surface area (Å²) in [6.07, 6.45) is -0.228. The molecule has 2 aromatic carbocycles. The fourth-order valence-electron chi connectivity index (χ4n) is 5.31. The van der Waals surface area contributed by atoms with Crippen molar-refractivity contribution in [1.29, 1.82) is 0 Å². The molecule has 0 aliphatic carbocycles. The van der Waals surface area contributed by atoms with Gasteiger partial charge < -0.3 is 19.7 Å². The number of aromatic nitrogens is 2. The Morgan fingerprint density at radius 2 is 1.74 bits per heavy atom. The van der Waals surface area contributed by atoms with Gasteiger partial charge in [0.2, 0.25) is 0 Å². The average Bonchev–Trinajstić information content (AvgIpc) is 3.26. The van der Waals surface area contributed by atoms with Crippen LogP contribution in [-0.2, 0) is 17.8 Å². The molecule has 206 valence electrons. The third kappa shape index (κ3) is 6.21. The fourth-order valence-corrected chi connectivity index (χ4v) is 5.31. The van der Waals surface area contributed by atoms with Crippen molar-refractivity contribution in [3.63, 3.8) is 0 Å². The van der Waals surface area contributed by atoms with Gasteiger partial charge in [-0.25, -0.2) is 0 Å². The molecule has 1 amide bonds. The lowest BCUT2D eigenvalue weighted by molar-refractivity contribution is -0.274. The molecule has 3 heterocycles. The minimum atomic E-state index is -4.68. The van der Waals surface area contributed by atoms with Gasteiger partial charge in [-0.2, -0.15) is 5.10 Å². The minimum absolute atomic E-state index is 0.161. The van der Waals surface area contributed by atoms with E-state index < -0.39 is 6.36 Å². The van der Waals surface area contributed by atoms with Crippen LogP contribution in [0.3, 0.4) is 0 Å². The molecule has 0 radical (unpaired) electrons. The van der Waals surface area contributed by atoms with Gasteiger partial charge in [0.1, 0.15) is 5.75 Å². The highest BCUT2D eigenvalue weighted by molar-refractivity contribution is 5.98. The van der Waals surface area contributed by atoms with Gasteiger partial charge in [0, 0.05) is 44.4 Å². The number of halogens is 3. The van der Waals surface area contributed by atoms with Crippen LogP contribution in [0.4, 0.5) is 18.9 Å². The highest BCUT2D eigenvalue weighted by Gasteiger charge is 2.31. The van der Waals surface area contributed by atoms with E-state index in [9.17, 15) is 18.0 Å². The second-order valence-electron chi connectivity index (χ2n) is 9.86. The van der Waals surface area contributed by atoms with Crippen molar-refractivity contribution in [1.82, 2.24) is 15.1 Å². The Morgan fingerprint density at radius 3 is 2.38 bits per heavy atom. The Morgan fingerprint density at radius 1 is 1.05 bits per heavy atom. The highest BCUT2D eigenvalue weighted by Crippen LogP contribution is 2.32. The summed E-state index contributed by atoms with van der Waals surface area (Å²) in [5.41, 5.74) is 5.18. The summed E-state index contributed by atoms with van der Waals surface area (Å²) in [7, 11) is 1.63. The van der Waals surface area contributed by atoms with Gasteiger partial charge in [-0.15, -0.1) is 13.2 Å². The SMILES string of the molecule is COC1=Cc2c(C(=O)NCc3ccc(N4CCC(c5ccc(OC(F)(F)F)cc5)CC4)cc3)c(C)nn2CC1. The first-order valence-electron chi connectivity index (χ1n) is 13.0. The molecule has 3 aromatic rings. The number of anilines is 1. The minimum Gasteiger partial charge on any atom is -0.501 e. The number of hydrogen-bond acceptors (Lipinski definition) is 5. The standard InChI is InChI=1S/C29H31F3N4O3/c1-19-27(26-17-25(38-2)13-16-36(26)34-19)28(37)33-18-20-3-7-23(8-4-20)35-14-11-22(12-15-35)21-5-9-24(10-6-21)39-29(30,31)32/h3-10,17,22H,11-16,18H2,1-2H3,(H,33,37). The van der Waals surface area contributed by atoms with Gasteiger partial charge in [-0.05, 0) is 61.1 Å². The molecule has 0 atom stereocenters. The number of benzene rings is 2. The molecule has 0 unspecified atom stereocenters. The normalized spacial score (nSPS) is 15.9. The van der Waals surface area contributed by atoms with Gasteiger partial charge in [0.15, 0.2) is 0 Å². The number of carbonyl (C=O) groups is 1. The summed E-state index contributed by atoms with van der Waals surface area (Å²) in [6.45, 7) is 4.64. The predicted octanol–water partition coefficient (Wildman–Crippen LogP) is 5.80. The number of nitrogens with one attached hydrogen (secondary N) is 1. The van der Waals surface area contributed by atoms with Crippen LogP contribution < -0.4 is 15.0 Å². The van der Waals surface area contributed by atoms with Gasteiger partial charge >= 0.3 is 6.36 Å². The van der Waals surface area contributed by atoms with Gasteiger partial charge in [-0.1, -0.05) is 24.3 Å². The van der Waals surface area contributed by atoms with E-state index in [2.05, 4.69) is 32.2 Å². The molecule has 39 heavy (non-hydrogen) atoms. The van der Waals surface area contributed by atoms with Crippen LogP contribution >= 0.6 is 0 Å². The molecule has 1 saturated heterocycles. The molecule has 1 N–H and O–H groups in total. The van der Waals surface area contributed by atoms with Gasteiger partial charge in [-0.3, -0.25) is 9.48 Å². The van der Waals surface area contributed by atoms with Crippen LogP contribution in [0, 0.1) is 6.92 Å². The number of alkyl halides is 3. The average molecular weight is 541 g/mol. The molecule has 1 fully saturated rings. The van der Waals surface area contributed by atoms with Gasteiger partial charge in [0.05, 0.1) is 29.8 Å². The number of fused-ring (bicyclic) bond motifs is 1. The van der Waals surface area contributed by atoms with Crippen molar-refractivity contribution in [2.24, 2.45) is 0 Å². The lowest BCUT2D eigenvalue weighted by atomic mass is 9.89. The second kappa shape index (κ2) is 11.0. The second-order valence-corrected chi connectivity index (χ2v) is 9.86. The fraction of sp³-hybridized carbons (Fsp3) is 0.379. The maximum Gasteiger partial charge on any atom is 0.573 e. The third-order valence-electron chi connectivity index (χ3n) is 7.36. The van der Waals surface area contributed by atoms with E-state index in [0.29, 0.717) is 30.3 Å². The van der Waals surface area contributed by atoms with Gasteiger partial charge in [0.25, 0.3) is 5.91 Å². The Bertz CT molecular complexity index is 1340. The summed E-state index contributed by atoms with van der Waals surface area (Å²) in [5.74, 6) is 0.774. The van der Waals surface area contributed by atoms with Crippen molar-refractivity contribution in [2.45, 2.75) is 51.6 Å². The number of methoxy groups -OCH3 is 1. The van der Waals surface area contributed by atoms with E-state index in [1.165, 1.54) is 12.1 Å². The Hall–Kier alpha value is -3.95. The van der Waals surface area contributed by atoms with Crippen molar-refractivity contribution < 1.29 is 27.4 Å². The molecular formula is C29H31F3N4O3. The molecule has 5 rings (SSSR count). The maximum absolute atomic E-state index is 13.0. The Balaban J connectivity index is 1.14. The van der Waals surface area contributed by atoms with E-state index in [0.717, 1.165) is 60.6 Å². The maximum atomic E-state index is 13.0. The van der Waals surface area contributed by atoms with Crippen molar-refractivity contribution in [2.75, 3.05) is 25.1 Å². The molecule has 2 aliphatic rings. The third-order valence-corrected chi connectivity index (χ3v) is 7.36. The number of allylic oxidation sites excluding steroid dienone is 1. The quantitative estimate of drug-likeness (QED) is 0.411. The molecule has 1 aromatic heterocycles. The zero-order valence-electron chi connectivity index (χ0n) is 21.9. The Labute approximate surface area is 225 Å². The van der Waals surface area contributed by atoms with Crippen molar-refractivity contribution in [3.8, 4) is 5.75 Å².